The maximum atomic E-state index is 13.4. The number of piperidine rings is 3. The van der Waals surface area contributed by atoms with E-state index in [0.717, 1.165) is 49.2 Å². The molecule has 1 amide bonds. The number of aromatic carboxylic acids is 1. The lowest BCUT2D eigenvalue weighted by Crippen LogP contribution is -2.52. The van der Waals surface area contributed by atoms with Crippen molar-refractivity contribution in [1.29, 1.82) is 0 Å². The van der Waals surface area contributed by atoms with Gasteiger partial charge in [-0.1, -0.05) is 83.9 Å². The number of aromatic nitrogens is 1. The van der Waals surface area contributed by atoms with Gasteiger partial charge in [-0.15, -0.1) is 0 Å². The zero-order valence-corrected chi connectivity index (χ0v) is 33.0. The number of hydrogen-bond donors (Lipinski definition) is 2. The van der Waals surface area contributed by atoms with Crippen molar-refractivity contribution in [1.82, 2.24) is 10.2 Å². The Labute approximate surface area is 341 Å². The Morgan fingerprint density at radius 1 is 0.860 bits per heavy atom. The molecule has 0 spiro atoms. The molecule has 0 aliphatic carbocycles. The Bertz CT molecular complexity index is 2210. The largest absolute Gasteiger partial charge is 0.619 e. The molecule has 13 heteroatoms. The fourth-order valence-electron chi connectivity index (χ4n) is 7.98. The first-order valence-corrected chi connectivity index (χ1v) is 19.5. The van der Waals surface area contributed by atoms with Crippen molar-refractivity contribution in [3.8, 4) is 17.2 Å². The molecule has 3 aliphatic rings. The van der Waals surface area contributed by atoms with Crippen molar-refractivity contribution in [3.63, 3.8) is 0 Å². The molecule has 4 heterocycles. The van der Waals surface area contributed by atoms with Gasteiger partial charge in [-0.3, -0.25) is 4.90 Å². The summed E-state index contributed by atoms with van der Waals surface area (Å²) in [6.45, 7) is 2.71. The number of hydrogen-bond acceptors (Lipinski definition) is 8. The van der Waals surface area contributed by atoms with Crippen molar-refractivity contribution < 1.29 is 38.4 Å². The number of amides is 1. The fourth-order valence-corrected chi connectivity index (χ4v) is 8.58. The summed E-state index contributed by atoms with van der Waals surface area (Å²) in [5.41, 5.74) is 4.00. The molecule has 8 rings (SSSR count). The van der Waals surface area contributed by atoms with Crippen LogP contribution in [-0.4, -0.2) is 62.0 Å². The number of rotatable bonds is 14. The summed E-state index contributed by atoms with van der Waals surface area (Å²) in [6, 6.07) is 27.0. The van der Waals surface area contributed by atoms with Crippen LogP contribution >= 0.6 is 23.2 Å². The summed E-state index contributed by atoms with van der Waals surface area (Å²) in [4.78, 5) is 28.6. The molecule has 0 radical (unpaired) electrons. The molecule has 3 atom stereocenters. The number of benzene rings is 4. The molecule has 2 bridgehead atoms. The summed E-state index contributed by atoms with van der Waals surface area (Å²) >= 11 is 13.2. The summed E-state index contributed by atoms with van der Waals surface area (Å²) in [6.07, 6.45) is 4.08. The molecule has 1 aromatic heterocycles. The van der Waals surface area contributed by atoms with Crippen LogP contribution in [0.15, 0.2) is 103 Å². The van der Waals surface area contributed by atoms with E-state index < -0.39 is 24.0 Å². The van der Waals surface area contributed by atoms with Gasteiger partial charge in [0, 0.05) is 23.6 Å². The van der Waals surface area contributed by atoms with Gasteiger partial charge in [0.05, 0.1) is 25.8 Å². The van der Waals surface area contributed by atoms with Crippen LogP contribution in [0.4, 0.5) is 4.79 Å². The molecule has 2 N–H and O–H groups in total. The highest BCUT2D eigenvalue weighted by molar-refractivity contribution is 6.35. The third kappa shape index (κ3) is 9.06. The summed E-state index contributed by atoms with van der Waals surface area (Å²) in [5.74, 6) is 0.156. The summed E-state index contributed by atoms with van der Waals surface area (Å²) in [5, 5.41) is 26.0. The van der Waals surface area contributed by atoms with Gasteiger partial charge in [0.15, 0.2) is 23.9 Å². The molecule has 296 valence electrons. The first kappa shape index (κ1) is 39.7. The molecule has 4 aromatic carbocycles. The van der Waals surface area contributed by atoms with E-state index in [1.807, 2.05) is 66.7 Å². The topological polar surface area (TPSA) is 134 Å². The number of ether oxygens (including phenoxy) is 4. The Morgan fingerprint density at radius 2 is 1.56 bits per heavy atom. The first-order chi connectivity index (χ1) is 27.6. The summed E-state index contributed by atoms with van der Waals surface area (Å²) < 4.78 is 24.1. The highest BCUT2D eigenvalue weighted by Crippen LogP contribution is 2.40. The van der Waals surface area contributed by atoms with E-state index in [1.54, 1.807) is 25.3 Å². The molecule has 5 aromatic rings. The monoisotopic (exact) mass is 811 g/mol. The number of nitrogens with one attached hydrogen (secondary N) is 1. The second-order valence-corrected chi connectivity index (χ2v) is 15.1. The second-order valence-electron chi connectivity index (χ2n) is 14.3. The normalized spacial score (nSPS) is 18.3. The van der Waals surface area contributed by atoms with E-state index in [0.29, 0.717) is 44.6 Å². The maximum absolute atomic E-state index is 13.4. The fraction of sp³-hybridized carbons (Fsp3) is 0.295. The first-order valence-electron chi connectivity index (χ1n) is 18.7. The van der Waals surface area contributed by atoms with E-state index in [-0.39, 0.29) is 34.7 Å². The average Bonchev–Trinajstić information content (AvgIpc) is 3.22. The minimum atomic E-state index is -1.13. The Morgan fingerprint density at radius 3 is 2.23 bits per heavy atom. The van der Waals surface area contributed by atoms with Gasteiger partial charge in [-0.05, 0) is 90.9 Å². The number of carboxylic acid groups (broad SMARTS) is 1. The lowest BCUT2D eigenvalue weighted by atomic mass is 9.82. The number of carbonyl (C=O) groups excluding carboxylic acids is 1. The van der Waals surface area contributed by atoms with Crippen LogP contribution in [-0.2, 0) is 17.8 Å². The minimum Gasteiger partial charge on any atom is -0.619 e. The number of carboxylic acids is 1. The number of alkyl carbamates (subject to hydrolysis) is 1. The second kappa shape index (κ2) is 17.8. The number of carbonyl (C=O) groups is 2. The van der Waals surface area contributed by atoms with Crippen LogP contribution in [0.25, 0.3) is 0 Å². The van der Waals surface area contributed by atoms with Gasteiger partial charge < -0.3 is 34.6 Å². The number of pyridine rings is 1. The highest BCUT2D eigenvalue weighted by atomic mass is 35.5. The average molecular weight is 813 g/mol. The molecular formula is C44H43Cl2N3O8. The number of nitrogens with zero attached hydrogens (tertiary/aromatic N) is 2. The van der Waals surface area contributed by atoms with E-state index >= 15 is 0 Å². The molecule has 3 fully saturated rings. The van der Waals surface area contributed by atoms with Gasteiger partial charge in [-0.2, -0.15) is 4.73 Å². The van der Waals surface area contributed by atoms with Crippen molar-refractivity contribution >= 4 is 35.3 Å². The van der Waals surface area contributed by atoms with E-state index in [4.69, 9.17) is 42.1 Å². The van der Waals surface area contributed by atoms with Crippen molar-refractivity contribution in [2.45, 2.75) is 43.9 Å². The lowest BCUT2D eigenvalue weighted by Gasteiger charge is -2.43. The molecule has 3 aliphatic heterocycles. The zero-order valence-electron chi connectivity index (χ0n) is 31.5. The Hall–Kier alpha value is -5.49. The number of methoxy groups -OCH3 is 2. The van der Waals surface area contributed by atoms with Crippen LogP contribution in [0.3, 0.4) is 0 Å². The molecule has 57 heavy (non-hydrogen) atoms. The van der Waals surface area contributed by atoms with Gasteiger partial charge in [0.25, 0.3) is 0 Å². The molecular weight excluding hydrogens is 769 g/mol. The quantitative estimate of drug-likeness (QED) is 0.0841. The van der Waals surface area contributed by atoms with Gasteiger partial charge in [0.2, 0.25) is 0 Å². The zero-order chi connectivity index (χ0) is 40.1. The molecule has 2 unspecified atom stereocenters. The van der Waals surface area contributed by atoms with Crippen LogP contribution in [0.5, 0.6) is 17.2 Å². The van der Waals surface area contributed by atoms with Crippen molar-refractivity contribution in [2.24, 2.45) is 5.92 Å². The SMILES string of the molecule is COc1ccc(C(Cc2c(Cl)c[n+]([O-])cc2Cl)c2cccc(C(=O)O)c2COc2cccc(C(NC(=O)O[C@H]3CN4CCC3CC4)c3ccccc3)c2)cc1OC. The van der Waals surface area contributed by atoms with Crippen molar-refractivity contribution in [2.75, 3.05) is 33.9 Å². The molecule has 0 saturated carbocycles. The van der Waals surface area contributed by atoms with Crippen LogP contribution in [0.2, 0.25) is 10.0 Å². The lowest BCUT2D eigenvalue weighted by molar-refractivity contribution is -0.605. The highest BCUT2D eigenvalue weighted by Gasteiger charge is 2.37. The van der Waals surface area contributed by atoms with Crippen LogP contribution in [0, 0.1) is 11.1 Å². The van der Waals surface area contributed by atoms with E-state index in [1.165, 1.54) is 25.6 Å². The van der Waals surface area contributed by atoms with Gasteiger partial charge in [0.1, 0.15) is 28.5 Å². The van der Waals surface area contributed by atoms with Gasteiger partial charge in [-0.25, -0.2) is 9.59 Å². The molecule has 3 saturated heterocycles. The van der Waals surface area contributed by atoms with Crippen LogP contribution in [0.1, 0.15) is 68.5 Å². The standard InChI is InChI=1S/C44H43Cl2N3O8/c1-54-39-15-14-29(21-40(39)55-2)34(22-35-37(45)23-49(53)24-38(35)46)32-12-7-13-33(43(50)51)36(32)26-56-31-11-6-10-30(20-31)42(28-8-4-3-5-9-28)47-44(52)57-41-25-48-18-16-27(41)17-19-48/h3-15,20-21,23-24,27,34,41-42H,16-19,22,25-26H2,1-2H3,(H,47,52)(H,50,51)/t34?,41-,42?/m0/s1. The Kier molecular flexibility index (Phi) is 12.4. The maximum Gasteiger partial charge on any atom is 0.408 e. The van der Waals surface area contributed by atoms with Crippen LogP contribution < -0.4 is 24.3 Å². The third-order valence-corrected chi connectivity index (χ3v) is 11.6. The molecule has 11 nitrogen and oxygen atoms in total. The van der Waals surface area contributed by atoms with E-state index in [9.17, 15) is 19.9 Å². The predicted molar refractivity (Wildman–Crippen MR) is 216 cm³/mol. The van der Waals surface area contributed by atoms with Gasteiger partial charge >= 0.3 is 12.1 Å². The number of halogens is 2. The smallest absolute Gasteiger partial charge is 0.408 e. The Balaban J connectivity index is 1.21. The third-order valence-electron chi connectivity index (χ3n) is 10.9. The predicted octanol–water partition coefficient (Wildman–Crippen LogP) is 8.21. The number of fused-ring (bicyclic) bond motifs is 3. The minimum absolute atomic E-state index is 0.0519. The summed E-state index contributed by atoms with van der Waals surface area (Å²) in [7, 11) is 3.08. The van der Waals surface area contributed by atoms with Crippen molar-refractivity contribution in [3.05, 3.63) is 158 Å². The van der Waals surface area contributed by atoms with E-state index in [2.05, 4.69) is 10.2 Å².